The summed E-state index contributed by atoms with van der Waals surface area (Å²) in [4.78, 5) is 14.9. The van der Waals surface area contributed by atoms with Gasteiger partial charge in [0.25, 0.3) is 0 Å². The topological polar surface area (TPSA) is 38.7 Å². The van der Waals surface area contributed by atoms with Crippen molar-refractivity contribution in [3.63, 3.8) is 0 Å². The van der Waals surface area contributed by atoms with Crippen molar-refractivity contribution in [3.05, 3.63) is 188 Å². The number of rotatable bonds is 6. The largest absolute Gasteiger partial charge is 0.208 e. The molecule has 0 unspecified atom stereocenters. The molecule has 0 radical (unpaired) electrons. The third-order valence-corrected chi connectivity index (χ3v) is 8.64. The molecule has 0 N–H and O–H groups in total. The van der Waals surface area contributed by atoms with E-state index in [9.17, 15) is 0 Å². The van der Waals surface area contributed by atoms with Gasteiger partial charge in [-0.05, 0) is 85.3 Å². The Kier molecular flexibility index (Phi) is 5.24. The molecule has 8 aromatic carbocycles. The molecule has 0 atom stereocenters. The monoisotopic (exact) mass is 647 g/mol. The fourth-order valence-electron chi connectivity index (χ4n) is 6.20. The third-order valence-electron chi connectivity index (χ3n) is 8.64. The van der Waals surface area contributed by atoms with Crippen molar-refractivity contribution in [1.29, 1.82) is 0 Å². The molecule has 1 heterocycles. The van der Waals surface area contributed by atoms with Crippen molar-refractivity contribution in [2.75, 3.05) is 0 Å². The SMILES string of the molecule is [2H]c1c([2H])c([2H])c(-c2ccc3cc(-c4nc(-c5ccccc5)nc(-c5cccc(-c6cc(-c7c([2H])c([2H])c([2H])c([2H])c7[2H])cc7ccccc67)c5)n4)ccc3c2)c([2H])c1[2H]. The highest BCUT2D eigenvalue weighted by Gasteiger charge is 2.15. The van der Waals surface area contributed by atoms with Gasteiger partial charge in [0.15, 0.2) is 17.5 Å². The second-order valence-corrected chi connectivity index (χ2v) is 11.8. The van der Waals surface area contributed by atoms with E-state index in [-0.39, 0.29) is 47.4 Å². The maximum absolute atomic E-state index is 8.68. The summed E-state index contributed by atoms with van der Waals surface area (Å²) in [5, 5.41) is 3.39. The quantitative estimate of drug-likeness (QED) is 0.180. The van der Waals surface area contributed by atoms with E-state index in [0.29, 0.717) is 39.7 Å². The molecule has 0 spiro atoms. The smallest absolute Gasteiger partial charge is 0.164 e. The minimum absolute atomic E-state index is 0.124. The lowest BCUT2D eigenvalue weighted by molar-refractivity contribution is 1.07. The Morgan fingerprint density at radius 3 is 1.56 bits per heavy atom. The molecule has 0 aliphatic carbocycles. The van der Waals surface area contributed by atoms with E-state index in [2.05, 4.69) is 0 Å². The molecular weight excluding hydrogens is 607 g/mol. The number of hydrogen-bond donors (Lipinski definition) is 0. The summed E-state index contributed by atoms with van der Waals surface area (Å²) in [6.45, 7) is 0. The minimum Gasteiger partial charge on any atom is -0.208 e. The Balaban J connectivity index is 1.17. The fourth-order valence-corrected chi connectivity index (χ4v) is 6.20. The van der Waals surface area contributed by atoms with E-state index < -0.39 is 24.2 Å². The van der Waals surface area contributed by atoms with Crippen LogP contribution in [0.5, 0.6) is 0 Å². The maximum Gasteiger partial charge on any atom is 0.164 e. The molecule has 0 bridgehead atoms. The van der Waals surface area contributed by atoms with Crippen molar-refractivity contribution in [1.82, 2.24) is 15.0 Å². The summed E-state index contributed by atoms with van der Waals surface area (Å²) in [5.41, 5.74) is 5.08. The normalized spacial score (nSPS) is 14.0. The molecule has 1 aromatic heterocycles. The Morgan fingerprint density at radius 1 is 0.320 bits per heavy atom. The first-order chi connectivity index (χ1) is 28.9. The van der Waals surface area contributed by atoms with Crippen molar-refractivity contribution in [3.8, 4) is 67.5 Å². The van der Waals surface area contributed by atoms with Crippen LogP contribution in [0.25, 0.3) is 89.1 Å². The zero-order valence-electron chi connectivity index (χ0n) is 36.5. The van der Waals surface area contributed by atoms with E-state index in [4.69, 9.17) is 28.7 Å². The lowest BCUT2D eigenvalue weighted by Gasteiger charge is -2.13. The van der Waals surface area contributed by atoms with E-state index in [1.807, 2.05) is 121 Å². The summed E-state index contributed by atoms with van der Waals surface area (Å²) in [5.74, 6) is 1.31. The van der Waals surface area contributed by atoms with Gasteiger partial charge in [0.2, 0.25) is 0 Å². The standard InChI is InChI=1S/C47H31N3/c1-4-13-32(14-5-1)35-23-24-37-28-41(26-25-36(37)27-35)47-49-45(34-17-8-3-9-18-34)48-46(50-47)40-21-12-20-39(29-40)44-31-42(33-15-6-2-7-16-33)30-38-19-10-11-22-43(38)44/h1-31H/i1D,2D,4D,5D,6D,7D,13D,14D,15D,16D. The summed E-state index contributed by atoms with van der Waals surface area (Å²) < 4.78 is 83.3. The molecule has 50 heavy (non-hydrogen) atoms. The van der Waals surface area contributed by atoms with Crippen molar-refractivity contribution >= 4 is 21.5 Å². The molecule has 0 saturated carbocycles. The first-order valence-electron chi connectivity index (χ1n) is 21.0. The Morgan fingerprint density at radius 2 is 0.840 bits per heavy atom. The van der Waals surface area contributed by atoms with Gasteiger partial charge in [-0.1, -0.05) is 157 Å². The molecule has 9 rings (SSSR count). The maximum atomic E-state index is 8.68. The highest BCUT2D eigenvalue weighted by molar-refractivity contribution is 6.00. The number of hydrogen-bond acceptors (Lipinski definition) is 3. The molecule has 0 aliphatic heterocycles. The fraction of sp³-hybridized carbons (Fsp3) is 0. The van der Waals surface area contributed by atoms with Crippen LogP contribution in [0.15, 0.2) is 188 Å². The lowest BCUT2D eigenvalue weighted by Crippen LogP contribution is -2.00. The number of nitrogens with zero attached hydrogens (tertiary/aromatic N) is 3. The predicted molar refractivity (Wildman–Crippen MR) is 207 cm³/mol. The minimum atomic E-state index is -0.445. The van der Waals surface area contributed by atoms with Gasteiger partial charge in [-0.25, -0.2) is 15.0 Å². The van der Waals surface area contributed by atoms with Crippen LogP contribution in [0.2, 0.25) is 0 Å². The van der Waals surface area contributed by atoms with Crippen molar-refractivity contribution in [2.24, 2.45) is 0 Å². The zero-order chi connectivity index (χ0) is 42.0. The van der Waals surface area contributed by atoms with Gasteiger partial charge in [0.1, 0.15) is 0 Å². The van der Waals surface area contributed by atoms with Gasteiger partial charge in [0.05, 0.1) is 13.7 Å². The first kappa shape index (κ1) is 20.6. The lowest BCUT2D eigenvalue weighted by atomic mass is 9.92. The Labute approximate surface area is 305 Å². The molecule has 0 fully saturated rings. The van der Waals surface area contributed by atoms with E-state index in [1.165, 1.54) is 0 Å². The van der Waals surface area contributed by atoms with Crippen molar-refractivity contribution < 1.29 is 13.7 Å². The molecular formula is C47H31N3. The summed E-state index contributed by atoms with van der Waals surface area (Å²) in [6, 6.07) is 36.4. The van der Waals surface area contributed by atoms with E-state index in [1.54, 1.807) is 6.07 Å². The van der Waals surface area contributed by atoms with Gasteiger partial charge < -0.3 is 0 Å². The van der Waals surface area contributed by atoms with Gasteiger partial charge >= 0.3 is 0 Å². The van der Waals surface area contributed by atoms with E-state index >= 15 is 0 Å². The van der Waals surface area contributed by atoms with Crippen LogP contribution < -0.4 is 0 Å². The predicted octanol–water partition coefficient (Wildman–Crippen LogP) is 12.2. The number of aromatic nitrogens is 3. The summed E-state index contributed by atoms with van der Waals surface area (Å²) >= 11 is 0. The molecule has 9 aromatic rings. The Bertz CT molecular complexity index is 3170. The highest BCUT2D eigenvalue weighted by Crippen LogP contribution is 2.36. The van der Waals surface area contributed by atoms with Gasteiger partial charge in [0, 0.05) is 16.7 Å². The highest BCUT2D eigenvalue weighted by atomic mass is 15.0. The zero-order valence-corrected chi connectivity index (χ0v) is 26.5. The average molecular weight is 648 g/mol. The number of fused-ring (bicyclic) bond motifs is 2. The van der Waals surface area contributed by atoms with Crippen LogP contribution in [0.1, 0.15) is 13.7 Å². The van der Waals surface area contributed by atoms with Crippen LogP contribution in [0.3, 0.4) is 0 Å². The summed E-state index contributed by atoms with van der Waals surface area (Å²) in [7, 11) is 0. The molecule has 0 saturated heterocycles. The van der Waals surface area contributed by atoms with Gasteiger partial charge in [-0.15, -0.1) is 0 Å². The molecule has 0 amide bonds. The van der Waals surface area contributed by atoms with Gasteiger partial charge in [-0.3, -0.25) is 0 Å². The Hall–Kier alpha value is -6.71. The summed E-state index contributed by atoms with van der Waals surface area (Å²) in [6.07, 6.45) is 0. The van der Waals surface area contributed by atoms with Crippen LogP contribution in [-0.4, -0.2) is 15.0 Å². The van der Waals surface area contributed by atoms with Crippen LogP contribution in [0, 0.1) is 0 Å². The third kappa shape index (κ3) is 5.72. The second kappa shape index (κ2) is 12.7. The number of benzene rings is 8. The average Bonchev–Trinajstić information content (AvgIpc) is 3.28. The van der Waals surface area contributed by atoms with Gasteiger partial charge in [-0.2, -0.15) is 0 Å². The molecule has 0 aliphatic rings. The molecule has 3 heteroatoms. The molecule has 234 valence electrons. The van der Waals surface area contributed by atoms with Crippen molar-refractivity contribution in [2.45, 2.75) is 0 Å². The van der Waals surface area contributed by atoms with Crippen LogP contribution >= 0.6 is 0 Å². The second-order valence-electron chi connectivity index (χ2n) is 11.8. The van der Waals surface area contributed by atoms with Crippen LogP contribution in [0.4, 0.5) is 0 Å². The van der Waals surface area contributed by atoms with Crippen LogP contribution in [-0.2, 0) is 0 Å². The van der Waals surface area contributed by atoms with E-state index in [0.717, 1.165) is 38.2 Å². The molecule has 3 nitrogen and oxygen atoms in total. The first-order valence-corrected chi connectivity index (χ1v) is 16.0.